The molecule has 0 radical (unpaired) electrons. The molecular weight excluding hydrogens is 209 g/mol. The van der Waals surface area contributed by atoms with E-state index in [1.807, 2.05) is 6.07 Å². The largest absolute Gasteiger partial charge is 0.481 e. The third kappa shape index (κ3) is 4.40. The van der Waals surface area contributed by atoms with Crippen LogP contribution in [0.5, 0.6) is 0 Å². The fourth-order valence-electron chi connectivity index (χ4n) is 1.59. The Hall–Kier alpha value is -1.42. The van der Waals surface area contributed by atoms with Gasteiger partial charge in [0.1, 0.15) is 5.82 Å². The van der Waals surface area contributed by atoms with Crippen molar-refractivity contribution in [3.05, 3.63) is 35.6 Å². The summed E-state index contributed by atoms with van der Waals surface area (Å²) in [5.74, 6) is -1.06. The molecule has 0 fully saturated rings. The lowest BCUT2D eigenvalue weighted by Crippen LogP contribution is -2.28. The van der Waals surface area contributed by atoms with Crippen molar-refractivity contribution in [2.75, 3.05) is 7.05 Å². The van der Waals surface area contributed by atoms with Gasteiger partial charge in [-0.05, 0) is 37.6 Å². The van der Waals surface area contributed by atoms with Gasteiger partial charge in [-0.15, -0.1) is 0 Å². The molecule has 4 heteroatoms. The van der Waals surface area contributed by atoms with Gasteiger partial charge in [0, 0.05) is 12.5 Å². The minimum Gasteiger partial charge on any atom is -0.481 e. The molecule has 1 aromatic rings. The van der Waals surface area contributed by atoms with Gasteiger partial charge in [-0.1, -0.05) is 12.1 Å². The number of carboxylic acids is 1. The molecule has 0 aliphatic heterocycles. The monoisotopic (exact) mass is 225 g/mol. The molecule has 0 amide bonds. The van der Waals surface area contributed by atoms with Crippen LogP contribution in [0.4, 0.5) is 4.39 Å². The Labute approximate surface area is 94.3 Å². The van der Waals surface area contributed by atoms with Gasteiger partial charge in [-0.3, -0.25) is 4.79 Å². The summed E-state index contributed by atoms with van der Waals surface area (Å²) in [7, 11) is 1.78. The smallest absolute Gasteiger partial charge is 0.303 e. The van der Waals surface area contributed by atoms with E-state index in [-0.39, 0.29) is 18.3 Å². The first-order valence-corrected chi connectivity index (χ1v) is 5.25. The number of rotatable bonds is 6. The average Bonchev–Trinajstić information content (AvgIpc) is 2.24. The average molecular weight is 225 g/mol. The number of carbonyl (C=O) groups is 1. The zero-order valence-electron chi connectivity index (χ0n) is 9.24. The van der Waals surface area contributed by atoms with Crippen LogP contribution >= 0.6 is 0 Å². The Morgan fingerprint density at radius 2 is 2.31 bits per heavy atom. The minimum atomic E-state index is -0.806. The summed E-state index contributed by atoms with van der Waals surface area (Å²) in [4.78, 5) is 10.4. The molecule has 0 saturated carbocycles. The first-order valence-electron chi connectivity index (χ1n) is 5.25. The van der Waals surface area contributed by atoms with E-state index < -0.39 is 5.97 Å². The highest BCUT2D eigenvalue weighted by Crippen LogP contribution is 2.09. The summed E-state index contributed by atoms with van der Waals surface area (Å²) in [5, 5.41) is 11.6. The second-order valence-electron chi connectivity index (χ2n) is 3.75. The van der Waals surface area contributed by atoms with Gasteiger partial charge in [-0.2, -0.15) is 0 Å². The highest BCUT2D eigenvalue weighted by Gasteiger charge is 2.09. The summed E-state index contributed by atoms with van der Waals surface area (Å²) in [6, 6.07) is 6.45. The molecule has 2 N–H and O–H groups in total. The molecular formula is C12H16FNO2. The van der Waals surface area contributed by atoms with Crippen molar-refractivity contribution in [3.8, 4) is 0 Å². The molecule has 0 aliphatic carbocycles. The van der Waals surface area contributed by atoms with Crippen molar-refractivity contribution >= 4 is 5.97 Å². The van der Waals surface area contributed by atoms with E-state index in [9.17, 15) is 9.18 Å². The van der Waals surface area contributed by atoms with Gasteiger partial charge >= 0.3 is 5.97 Å². The Morgan fingerprint density at radius 3 is 2.88 bits per heavy atom. The SMILES string of the molecule is CNC(CCC(=O)O)Cc1cccc(F)c1. The Morgan fingerprint density at radius 1 is 1.56 bits per heavy atom. The van der Waals surface area contributed by atoms with E-state index in [4.69, 9.17) is 5.11 Å². The lowest BCUT2D eigenvalue weighted by Gasteiger charge is -2.15. The van der Waals surface area contributed by atoms with Crippen molar-refractivity contribution in [1.29, 1.82) is 0 Å². The molecule has 3 nitrogen and oxygen atoms in total. The van der Waals surface area contributed by atoms with Crippen LogP contribution in [0.1, 0.15) is 18.4 Å². The van der Waals surface area contributed by atoms with Crippen LogP contribution in [-0.2, 0) is 11.2 Å². The summed E-state index contributed by atoms with van der Waals surface area (Å²) in [6.45, 7) is 0. The number of benzene rings is 1. The molecule has 88 valence electrons. The van der Waals surface area contributed by atoms with Crippen molar-refractivity contribution in [2.45, 2.75) is 25.3 Å². The van der Waals surface area contributed by atoms with Gasteiger partial charge in [-0.25, -0.2) is 4.39 Å². The molecule has 0 bridgehead atoms. The molecule has 0 heterocycles. The lowest BCUT2D eigenvalue weighted by atomic mass is 10.0. The van der Waals surface area contributed by atoms with Gasteiger partial charge in [0.2, 0.25) is 0 Å². The molecule has 0 aliphatic rings. The van der Waals surface area contributed by atoms with Crippen molar-refractivity contribution in [1.82, 2.24) is 5.32 Å². The van der Waals surface area contributed by atoms with Crippen LogP contribution in [0.15, 0.2) is 24.3 Å². The van der Waals surface area contributed by atoms with Crippen molar-refractivity contribution < 1.29 is 14.3 Å². The fourth-order valence-corrected chi connectivity index (χ4v) is 1.59. The maximum Gasteiger partial charge on any atom is 0.303 e. The van der Waals surface area contributed by atoms with E-state index in [0.29, 0.717) is 12.8 Å². The summed E-state index contributed by atoms with van der Waals surface area (Å²) < 4.78 is 12.9. The number of hydrogen-bond donors (Lipinski definition) is 2. The molecule has 0 aromatic heterocycles. The number of likely N-dealkylation sites (N-methyl/N-ethyl adjacent to an activating group) is 1. The molecule has 1 unspecified atom stereocenters. The third-order valence-electron chi connectivity index (χ3n) is 2.49. The van der Waals surface area contributed by atoms with Crippen LogP contribution in [0.3, 0.4) is 0 Å². The first kappa shape index (κ1) is 12.6. The fraction of sp³-hybridized carbons (Fsp3) is 0.417. The summed E-state index contributed by atoms with van der Waals surface area (Å²) in [5.41, 5.74) is 0.879. The summed E-state index contributed by atoms with van der Waals surface area (Å²) in [6.07, 6.45) is 1.31. The van der Waals surface area contributed by atoms with E-state index in [1.165, 1.54) is 12.1 Å². The standard InChI is InChI=1S/C12H16FNO2/c1-14-11(5-6-12(15)16)8-9-3-2-4-10(13)7-9/h2-4,7,11,14H,5-6,8H2,1H3,(H,15,16). The van der Waals surface area contributed by atoms with E-state index in [0.717, 1.165) is 5.56 Å². The minimum absolute atomic E-state index is 0.0675. The van der Waals surface area contributed by atoms with Crippen LogP contribution < -0.4 is 5.32 Å². The number of hydrogen-bond acceptors (Lipinski definition) is 2. The maximum atomic E-state index is 12.9. The lowest BCUT2D eigenvalue weighted by molar-refractivity contribution is -0.137. The normalized spacial score (nSPS) is 12.4. The first-order chi connectivity index (χ1) is 7.61. The highest BCUT2D eigenvalue weighted by atomic mass is 19.1. The molecule has 1 rings (SSSR count). The zero-order valence-corrected chi connectivity index (χ0v) is 9.24. The highest BCUT2D eigenvalue weighted by molar-refractivity contribution is 5.66. The maximum absolute atomic E-state index is 12.9. The van der Waals surface area contributed by atoms with Crippen LogP contribution in [-0.4, -0.2) is 24.2 Å². The van der Waals surface area contributed by atoms with Crippen molar-refractivity contribution in [2.24, 2.45) is 0 Å². The zero-order chi connectivity index (χ0) is 12.0. The number of aliphatic carboxylic acids is 1. The van der Waals surface area contributed by atoms with Gasteiger partial charge < -0.3 is 10.4 Å². The predicted molar refractivity (Wildman–Crippen MR) is 59.8 cm³/mol. The van der Waals surface area contributed by atoms with Crippen LogP contribution in [0, 0.1) is 5.82 Å². The summed E-state index contributed by atoms with van der Waals surface area (Å²) >= 11 is 0. The predicted octanol–water partition coefficient (Wildman–Crippen LogP) is 1.82. The quantitative estimate of drug-likeness (QED) is 0.776. The second kappa shape index (κ2) is 6.23. The van der Waals surface area contributed by atoms with Crippen LogP contribution in [0.25, 0.3) is 0 Å². The van der Waals surface area contributed by atoms with Gasteiger partial charge in [0.05, 0.1) is 0 Å². The number of halogens is 1. The Kier molecular flexibility index (Phi) is 4.92. The van der Waals surface area contributed by atoms with Crippen LogP contribution in [0.2, 0.25) is 0 Å². The van der Waals surface area contributed by atoms with Gasteiger partial charge in [0.25, 0.3) is 0 Å². The van der Waals surface area contributed by atoms with E-state index in [2.05, 4.69) is 5.32 Å². The van der Waals surface area contributed by atoms with E-state index in [1.54, 1.807) is 13.1 Å². The Bertz CT molecular complexity index is 355. The third-order valence-corrected chi connectivity index (χ3v) is 2.49. The number of carboxylic acid groups (broad SMARTS) is 1. The van der Waals surface area contributed by atoms with Gasteiger partial charge in [0.15, 0.2) is 0 Å². The topological polar surface area (TPSA) is 49.3 Å². The molecule has 0 saturated heterocycles. The molecule has 1 atom stereocenters. The molecule has 1 aromatic carbocycles. The molecule has 0 spiro atoms. The Balaban J connectivity index is 2.52. The van der Waals surface area contributed by atoms with Crippen molar-refractivity contribution in [3.63, 3.8) is 0 Å². The second-order valence-corrected chi connectivity index (χ2v) is 3.75. The van der Waals surface area contributed by atoms with E-state index >= 15 is 0 Å². The molecule has 16 heavy (non-hydrogen) atoms. The number of nitrogens with one attached hydrogen (secondary N) is 1.